The highest BCUT2D eigenvalue weighted by molar-refractivity contribution is 6.16. The molecule has 5 aromatic rings. The molecule has 0 aliphatic heterocycles. The molecular formula is C36H28N2. The largest absolute Gasteiger partial charge is 0.260 e. The summed E-state index contributed by atoms with van der Waals surface area (Å²) in [6.07, 6.45) is 22.4. The minimum Gasteiger partial charge on any atom is -0.260 e. The Morgan fingerprint density at radius 2 is 1.29 bits per heavy atom. The van der Waals surface area contributed by atoms with Crippen LogP contribution in [0.2, 0.25) is 0 Å². The monoisotopic (exact) mass is 488 g/mol. The zero-order chi connectivity index (χ0) is 25.1. The molecular weight excluding hydrogens is 460 g/mol. The summed E-state index contributed by atoms with van der Waals surface area (Å²) in [7, 11) is 0. The van der Waals surface area contributed by atoms with Gasteiger partial charge in [0, 0.05) is 39.4 Å². The fourth-order valence-corrected chi connectivity index (χ4v) is 6.63. The van der Waals surface area contributed by atoms with Gasteiger partial charge in [0.2, 0.25) is 0 Å². The molecule has 0 unspecified atom stereocenters. The third-order valence-corrected chi connectivity index (χ3v) is 8.48. The maximum absolute atomic E-state index is 5.45. The lowest BCUT2D eigenvalue weighted by Gasteiger charge is -2.24. The molecule has 0 N–H and O–H groups in total. The minimum absolute atomic E-state index is 1.03. The van der Waals surface area contributed by atoms with Crippen LogP contribution in [0.4, 0.5) is 0 Å². The van der Waals surface area contributed by atoms with Gasteiger partial charge < -0.3 is 0 Å². The molecule has 0 saturated heterocycles. The molecule has 0 fully saturated rings. The number of benzene rings is 3. The van der Waals surface area contributed by atoms with Crippen molar-refractivity contribution in [1.82, 2.24) is 9.97 Å². The average molecular weight is 489 g/mol. The number of nitrogens with zero attached hydrogens (tertiary/aromatic N) is 2. The van der Waals surface area contributed by atoms with Gasteiger partial charge >= 0.3 is 0 Å². The van der Waals surface area contributed by atoms with E-state index in [0.717, 1.165) is 60.9 Å². The molecule has 182 valence electrons. The molecule has 0 saturated carbocycles. The predicted molar refractivity (Wildman–Crippen MR) is 160 cm³/mol. The van der Waals surface area contributed by atoms with Crippen molar-refractivity contribution < 1.29 is 0 Å². The summed E-state index contributed by atoms with van der Waals surface area (Å²) in [5.74, 6) is 0. The summed E-state index contributed by atoms with van der Waals surface area (Å²) >= 11 is 0. The zero-order valence-electron chi connectivity index (χ0n) is 21.4. The molecule has 3 aliphatic carbocycles. The Balaban J connectivity index is 1.33. The molecule has 0 amide bonds. The van der Waals surface area contributed by atoms with Crippen LogP contribution in [0.25, 0.3) is 62.3 Å². The van der Waals surface area contributed by atoms with Crippen LogP contribution < -0.4 is 0 Å². The first-order chi connectivity index (χ1) is 18.8. The lowest BCUT2D eigenvalue weighted by molar-refractivity contribution is 0.910. The number of aromatic nitrogens is 2. The summed E-state index contributed by atoms with van der Waals surface area (Å²) in [6.45, 7) is 0. The average Bonchev–Trinajstić information content (AvgIpc) is 3.00. The predicted octanol–water partition coefficient (Wildman–Crippen LogP) is 9.00. The Morgan fingerprint density at radius 1 is 0.605 bits per heavy atom. The number of hydrogen-bond acceptors (Lipinski definition) is 2. The lowest BCUT2D eigenvalue weighted by Crippen LogP contribution is -2.08. The highest BCUT2D eigenvalue weighted by atomic mass is 14.7. The number of fused-ring (bicyclic) bond motifs is 9. The van der Waals surface area contributed by atoms with Crippen LogP contribution in [-0.2, 0) is 19.3 Å². The smallest absolute Gasteiger partial charge is 0.0797 e. The molecule has 38 heavy (non-hydrogen) atoms. The van der Waals surface area contributed by atoms with Crippen LogP contribution >= 0.6 is 0 Å². The highest BCUT2D eigenvalue weighted by Crippen LogP contribution is 2.42. The molecule has 0 spiro atoms. The highest BCUT2D eigenvalue weighted by Gasteiger charge is 2.23. The van der Waals surface area contributed by atoms with E-state index in [-0.39, 0.29) is 0 Å². The van der Waals surface area contributed by atoms with Gasteiger partial charge in [0.25, 0.3) is 0 Å². The topological polar surface area (TPSA) is 25.8 Å². The van der Waals surface area contributed by atoms with Crippen LogP contribution in [0.1, 0.15) is 52.8 Å². The molecule has 2 heterocycles. The van der Waals surface area contributed by atoms with E-state index in [4.69, 9.17) is 9.97 Å². The number of pyridine rings is 2. The maximum Gasteiger partial charge on any atom is 0.0797 e. The van der Waals surface area contributed by atoms with Crippen LogP contribution in [0.3, 0.4) is 0 Å². The van der Waals surface area contributed by atoms with E-state index < -0.39 is 0 Å². The van der Waals surface area contributed by atoms with E-state index in [1.54, 1.807) is 0 Å². The van der Waals surface area contributed by atoms with Gasteiger partial charge in [-0.2, -0.15) is 0 Å². The van der Waals surface area contributed by atoms with Crippen LogP contribution in [0.15, 0.2) is 79.0 Å². The van der Waals surface area contributed by atoms with E-state index in [0.29, 0.717) is 0 Å². The van der Waals surface area contributed by atoms with Gasteiger partial charge in [-0.3, -0.25) is 4.98 Å². The van der Waals surface area contributed by atoms with Crippen molar-refractivity contribution >= 4 is 39.9 Å². The summed E-state index contributed by atoms with van der Waals surface area (Å²) < 4.78 is 0. The van der Waals surface area contributed by atoms with Crippen LogP contribution in [0, 0.1) is 0 Å². The Hall–Kier alpha value is -4.30. The van der Waals surface area contributed by atoms with Gasteiger partial charge in [-0.25, -0.2) is 4.98 Å². The Labute approximate surface area is 223 Å². The van der Waals surface area contributed by atoms with Crippen molar-refractivity contribution in [1.29, 1.82) is 0 Å². The molecule has 0 atom stereocenters. The van der Waals surface area contributed by atoms with Gasteiger partial charge in [0.05, 0.1) is 11.2 Å². The SMILES string of the molecule is C1=Cc2cc(-c3ccc(-c4nc5c6c(c7c(c5c5ccccc45)C=CCC7)CCC=C6)cc3)cnc2CC1. The third kappa shape index (κ3) is 3.33. The quantitative estimate of drug-likeness (QED) is 0.232. The summed E-state index contributed by atoms with van der Waals surface area (Å²) in [4.78, 5) is 10.2. The summed E-state index contributed by atoms with van der Waals surface area (Å²) in [5, 5.41) is 3.83. The standard InChI is InChI=1S/C36H28N2/c1-8-16-33-25(9-1)21-26(22-37-33)23-17-19-24(20-18-23)35-32-15-7-5-13-30(32)34-29-12-4-2-10-27(29)28-11-3-6-14-31(28)36(34)38-35/h1,4-7,9,12-15,17-22H,2-3,8,10-11,16H2. The van der Waals surface area contributed by atoms with E-state index in [1.165, 1.54) is 55.2 Å². The number of hydrogen-bond donors (Lipinski definition) is 0. The van der Waals surface area contributed by atoms with Gasteiger partial charge in [0.1, 0.15) is 0 Å². The molecule has 3 aliphatic rings. The molecule has 2 aromatic heterocycles. The fourth-order valence-electron chi connectivity index (χ4n) is 6.63. The fraction of sp³-hybridized carbons (Fsp3) is 0.167. The number of aryl methyl sites for hydroxylation is 1. The molecule has 3 aromatic carbocycles. The van der Waals surface area contributed by atoms with Gasteiger partial charge in [-0.05, 0) is 77.8 Å². The summed E-state index contributed by atoms with van der Waals surface area (Å²) in [6, 6.07) is 20.0. The van der Waals surface area contributed by atoms with Gasteiger partial charge in [-0.1, -0.05) is 85.0 Å². The van der Waals surface area contributed by atoms with Gasteiger partial charge in [0.15, 0.2) is 0 Å². The van der Waals surface area contributed by atoms with E-state index in [1.807, 2.05) is 6.20 Å². The molecule has 0 radical (unpaired) electrons. The first-order valence-corrected chi connectivity index (χ1v) is 13.8. The van der Waals surface area contributed by atoms with Crippen molar-refractivity contribution in [3.05, 3.63) is 113 Å². The van der Waals surface area contributed by atoms with Crippen LogP contribution in [-0.4, -0.2) is 9.97 Å². The summed E-state index contributed by atoms with van der Waals surface area (Å²) in [5.41, 5.74) is 13.9. The Morgan fingerprint density at radius 3 is 2.13 bits per heavy atom. The zero-order valence-corrected chi connectivity index (χ0v) is 21.4. The third-order valence-electron chi connectivity index (χ3n) is 8.48. The van der Waals surface area contributed by atoms with Crippen molar-refractivity contribution in [3.63, 3.8) is 0 Å². The molecule has 2 nitrogen and oxygen atoms in total. The first-order valence-electron chi connectivity index (χ1n) is 13.8. The first kappa shape index (κ1) is 21.8. The van der Waals surface area contributed by atoms with Crippen molar-refractivity contribution in [2.75, 3.05) is 0 Å². The molecule has 0 bridgehead atoms. The van der Waals surface area contributed by atoms with Crippen molar-refractivity contribution in [3.8, 4) is 22.4 Å². The van der Waals surface area contributed by atoms with E-state index in [2.05, 4.69) is 91.1 Å². The Kier molecular flexibility index (Phi) is 4.94. The number of allylic oxidation sites excluding steroid dienone is 3. The normalized spacial score (nSPS) is 15.5. The lowest BCUT2D eigenvalue weighted by atomic mass is 9.81. The second-order valence-corrected chi connectivity index (χ2v) is 10.7. The van der Waals surface area contributed by atoms with E-state index in [9.17, 15) is 0 Å². The van der Waals surface area contributed by atoms with Crippen LogP contribution in [0.5, 0.6) is 0 Å². The van der Waals surface area contributed by atoms with E-state index >= 15 is 0 Å². The number of rotatable bonds is 2. The molecule has 2 heteroatoms. The van der Waals surface area contributed by atoms with Crippen molar-refractivity contribution in [2.45, 2.75) is 38.5 Å². The second kappa shape index (κ2) is 8.63. The maximum atomic E-state index is 5.45. The minimum atomic E-state index is 1.03. The van der Waals surface area contributed by atoms with Gasteiger partial charge in [-0.15, -0.1) is 0 Å². The van der Waals surface area contributed by atoms with Crippen molar-refractivity contribution in [2.24, 2.45) is 0 Å². The Bertz CT molecular complexity index is 1850. The molecule has 8 rings (SSSR count). The second-order valence-electron chi connectivity index (χ2n) is 10.7.